The molecule has 11 heteroatoms. The van der Waals surface area contributed by atoms with Crippen molar-refractivity contribution >= 4 is 21.6 Å². The van der Waals surface area contributed by atoms with Crippen LogP contribution >= 0.6 is 21.6 Å². The Morgan fingerprint density at radius 2 is 1.86 bits per heavy atom. The van der Waals surface area contributed by atoms with Gasteiger partial charge in [0.25, 0.3) is 0 Å². The Balaban J connectivity index is 1.11. The number of phenolic OH excluding ortho intramolecular Hbond substituents is 1. The Bertz CT molecular complexity index is 1900. The minimum absolute atomic E-state index is 0.0436. The number of nitrogens with one attached hydrogen (secondary N) is 2. The number of allylic oxidation sites excluding steroid dienone is 3. The van der Waals surface area contributed by atoms with Gasteiger partial charge in [-0.25, -0.2) is 0 Å². The normalized spacial score (nSPS) is 36.3. The number of benzene rings is 1. The highest BCUT2D eigenvalue weighted by molar-refractivity contribution is 8.76. The molecule has 11 atom stereocenters. The number of aromatic nitrogens is 1. The third-order valence-corrected chi connectivity index (χ3v) is 17.4. The second kappa shape index (κ2) is 17.9. The highest BCUT2D eigenvalue weighted by Crippen LogP contribution is 2.62. The fraction of sp³-hybridized carbons (Fsp3) is 0.617. The summed E-state index contributed by atoms with van der Waals surface area (Å²) in [5.74, 6) is 8.38. The number of ether oxygens (including phenoxy) is 1. The van der Waals surface area contributed by atoms with E-state index in [2.05, 4.69) is 53.4 Å². The van der Waals surface area contributed by atoms with Crippen LogP contribution in [0, 0.1) is 52.3 Å². The van der Waals surface area contributed by atoms with E-state index in [0.717, 1.165) is 54.5 Å². The van der Waals surface area contributed by atoms with Crippen molar-refractivity contribution in [2.24, 2.45) is 46.2 Å². The Morgan fingerprint density at radius 1 is 1.02 bits per heavy atom. The number of dihydropyridines is 1. The maximum atomic E-state index is 12.2. The monoisotopic (exact) mass is 829 g/mol. The van der Waals surface area contributed by atoms with Gasteiger partial charge in [0.2, 0.25) is 0 Å². The number of aromatic amines is 1. The van der Waals surface area contributed by atoms with E-state index in [-0.39, 0.29) is 52.6 Å². The molecule has 0 radical (unpaired) electrons. The highest BCUT2D eigenvalue weighted by atomic mass is 33.1. The molecule has 58 heavy (non-hydrogen) atoms. The van der Waals surface area contributed by atoms with Crippen molar-refractivity contribution in [1.82, 2.24) is 10.3 Å². The maximum absolute atomic E-state index is 12.2. The number of aliphatic hydroxyl groups is 4. The van der Waals surface area contributed by atoms with E-state index in [1.165, 1.54) is 25.7 Å². The molecule has 9 N–H and O–H groups in total. The van der Waals surface area contributed by atoms with Crippen LogP contribution in [0.25, 0.3) is 0 Å². The van der Waals surface area contributed by atoms with Crippen LogP contribution in [0.4, 0.5) is 0 Å². The topological polar surface area (TPSA) is 164 Å². The lowest BCUT2D eigenvalue weighted by atomic mass is 9.57. The summed E-state index contributed by atoms with van der Waals surface area (Å²) < 4.78 is 6.75. The summed E-state index contributed by atoms with van der Waals surface area (Å²) in [7, 11) is 3.27. The van der Waals surface area contributed by atoms with E-state index in [9.17, 15) is 25.5 Å². The molecule has 4 aliphatic carbocycles. The van der Waals surface area contributed by atoms with Gasteiger partial charge in [-0.1, -0.05) is 83.9 Å². The molecule has 1 aromatic heterocycles. The molecule has 3 fully saturated rings. The fourth-order valence-electron chi connectivity index (χ4n) is 11.7. The van der Waals surface area contributed by atoms with E-state index in [1.54, 1.807) is 27.7 Å². The van der Waals surface area contributed by atoms with Crippen molar-refractivity contribution in [2.75, 3.05) is 24.7 Å². The summed E-state index contributed by atoms with van der Waals surface area (Å²) in [6, 6.07) is 9.38. The molecule has 2 saturated carbocycles. The first-order chi connectivity index (χ1) is 28.1. The molecule has 1 aromatic carbocycles. The SMILES string of the molecule is CCC12C#CC3C=CC(c4ccc(O)c(OC5CC(Cc6ccc[nH]6)C6=CCNC(N)=C6CSSCC(CO)C5O)c4)CC(O)C3C(O)C(CCC1)CC21CCCC1. The molecule has 0 amide bonds. The van der Waals surface area contributed by atoms with E-state index >= 15 is 0 Å². The number of fused-ring (bicyclic) bond motifs is 3. The molecule has 2 aromatic rings. The van der Waals surface area contributed by atoms with Gasteiger partial charge in [0.15, 0.2) is 11.5 Å². The van der Waals surface area contributed by atoms with Gasteiger partial charge in [-0.05, 0) is 110 Å². The first kappa shape index (κ1) is 41.7. The first-order valence-electron chi connectivity index (χ1n) is 21.8. The van der Waals surface area contributed by atoms with E-state index in [4.69, 9.17) is 10.5 Å². The highest BCUT2D eigenvalue weighted by Gasteiger charge is 2.55. The Labute approximate surface area is 352 Å². The summed E-state index contributed by atoms with van der Waals surface area (Å²) in [4.78, 5) is 3.35. The molecule has 314 valence electrons. The smallest absolute Gasteiger partial charge is 0.161 e. The lowest BCUT2D eigenvalue weighted by molar-refractivity contribution is -0.0466. The van der Waals surface area contributed by atoms with E-state index < -0.39 is 36.3 Å². The Kier molecular flexibility index (Phi) is 12.9. The predicted octanol–water partition coefficient (Wildman–Crippen LogP) is 6.94. The number of aromatic hydroxyl groups is 1. The average Bonchev–Trinajstić information content (AvgIpc) is 3.86. The number of H-pyrrole nitrogens is 1. The number of nitrogens with two attached hydrogens (primary N) is 1. The molecule has 1 saturated heterocycles. The summed E-state index contributed by atoms with van der Waals surface area (Å²) in [6.07, 6.45) is 16.6. The number of hydrogen-bond acceptors (Lipinski definition) is 10. The number of phenols is 1. The fourth-order valence-corrected chi connectivity index (χ4v) is 14.3. The van der Waals surface area contributed by atoms with Crippen LogP contribution in [0.2, 0.25) is 0 Å². The minimum Gasteiger partial charge on any atom is -0.504 e. The molecule has 1 spiro atoms. The van der Waals surface area contributed by atoms with Gasteiger partial charge >= 0.3 is 0 Å². The van der Waals surface area contributed by atoms with Crippen LogP contribution in [-0.2, 0) is 6.42 Å². The molecule has 9 nitrogen and oxygen atoms in total. The quantitative estimate of drug-likeness (QED) is 0.0834. The molecule has 2 bridgehead atoms. The largest absolute Gasteiger partial charge is 0.504 e. The third kappa shape index (κ3) is 8.23. The van der Waals surface area contributed by atoms with Crippen molar-refractivity contribution in [1.29, 1.82) is 0 Å². The van der Waals surface area contributed by atoms with E-state index in [1.807, 2.05) is 24.4 Å². The van der Waals surface area contributed by atoms with Crippen molar-refractivity contribution in [3.63, 3.8) is 0 Å². The van der Waals surface area contributed by atoms with Gasteiger partial charge < -0.3 is 46.3 Å². The summed E-state index contributed by atoms with van der Waals surface area (Å²) in [6.45, 7) is 2.70. The second-order valence-electron chi connectivity index (χ2n) is 18.1. The maximum Gasteiger partial charge on any atom is 0.161 e. The van der Waals surface area contributed by atoms with Gasteiger partial charge in [-0.2, -0.15) is 0 Å². The summed E-state index contributed by atoms with van der Waals surface area (Å²) >= 11 is 0. The van der Waals surface area contributed by atoms with Gasteiger partial charge in [-0.3, -0.25) is 0 Å². The minimum atomic E-state index is -1.02. The van der Waals surface area contributed by atoms with Crippen LogP contribution in [0.15, 0.2) is 71.7 Å². The van der Waals surface area contributed by atoms with E-state index in [0.29, 0.717) is 43.1 Å². The molecular weight excluding hydrogens is 767 g/mol. The molecule has 2 aliphatic heterocycles. The third-order valence-electron chi connectivity index (χ3n) is 15.0. The van der Waals surface area contributed by atoms with Crippen LogP contribution in [0.5, 0.6) is 11.5 Å². The van der Waals surface area contributed by atoms with Gasteiger partial charge in [0, 0.05) is 71.2 Å². The molecule has 8 rings (SSSR count). The van der Waals surface area contributed by atoms with Crippen molar-refractivity contribution in [3.05, 3.63) is 83.0 Å². The lowest BCUT2D eigenvalue weighted by Crippen LogP contribution is -2.43. The standard InChI is InChI=1S/C47H63N3O6S2/c1-2-46-17-5-7-32(25-47(46)15-3-4-16-47)44(55)42-29(13-18-46)9-10-30(22-39(42)53)31-11-12-38(52)40(23-31)56-41-24-33(21-35-8-6-19-49-35)36-14-20-50-45(48)37(36)28-58-57-27-34(26-51)43(41)54/h6,8-12,14,19,23,29-30,32-34,39,41-44,49-55H,2-5,7,15-17,20-22,24-28,48H2,1H3. The zero-order chi connectivity index (χ0) is 40.4. The second-order valence-corrected chi connectivity index (χ2v) is 20.6. The molecule has 11 unspecified atom stereocenters. The van der Waals surface area contributed by atoms with Gasteiger partial charge in [-0.15, -0.1) is 0 Å². The average molecular weight is 830 g/mol. The number of aliphatic hydroxyl groups excluding tert-OH is 4. The molecular formula is C47H63N3O6S2. The number of hydrogen-bond donors (Lipinski definition) is 8. The lowest BCUT2D eigenvalue weighted by Gasteiger charge is -2.46. The summed E-state index contributed by atoms with van der Waals surface area (Å²) in [5, 5.41) is 61.5. The summed E-state index contributed by atoms with van der Waals surface area (Å²) in [5.41, 5.74) is 10.8. The molecule has 6 aliphatic rings. The zero-order valence-electron chi connectivity index (χ0n) is 33.8. The Hall–Kier alpha value is -2.98. The molecule has 3 heterocycles. The van der Waals surface area contributed by atoms with Gasteiger partial charge in [0.1, 0.15) is 11.9 Å². The van der Waals surface area contributed by atoms with Crippen molar-refractivity contribution in [3.8, 4) is 23.3 Å². The van der Waals surface area contributed by atoms with Crippen LogP contribution in [-0.4, -0.2) is 79.6 Å². The van der Waals surface area contributed by atoms with Crippen molar-refractivity contribution < 1.29 is 30.3 Å². The number of rotatable bonds is 7. The van der Waals surface area contributed by atoms with Crippen LogP contribution < -0.4 is 15.8 Å². The van der Waals surface area contributed by atoms with Crippen LogP contribution in [0.3, 0.4) is 0 Å². The van der Waals surface area contributed by atoms with Crippen molar-refractivity contribution in [2.45, 2.75) is 114 Å². The first-order valence-corrected chi connectivity index (χ1v) is 24.3. The Morgan fingerprint density at radius 3 is 2.64 bits per heavy atom. The van der Waals surface area contributed by atoms with Crippen LogP contribution in [0.1, 0.15) is 94.7 Å². The zero-order valence-corrected chi connectivity index (χ0v) is 35.5. The predicted molar refractivity (Wildman–Crippen MR) is 233 cm³/mol. The van der Waals surface area contributed by atoms with Gasteiger partial charge in [0.05, 0.1) is 18.3 Å².